The highest BCUT2D eigenvalue weighted by Gasteiger charge is 2.19. The van der Waals surface area contributed by atoms with E-state index in [1.165, 1.54) is 5.56 Å². The Labute approximate surface area is 112 Å². The van der Waals surface area contributed by atoms with Crippen molar-refractivity contribution in [1.29, 1.82) is 0 Å². The maximum atomic E-state index is 5.99. The molecule has 2 nitrogen and oxygen atoms in total. The van der Waals surface area contributed by atoms with Crippen LogP contribution in [0.25, 0.3) is 0 Å². The Morgan fingerprint density at radius 1 is 1.22 bits per heavy atom. The smallest absolute Gasteiger partial charge is 0.122 e. The van der Waals surface area contributed by atoms with Crippen LogP contribution < -0.4 is 10.1 Å². The molecule has 0 aliphatic heterocycles. The molecule has 0 unspecified atom stereocenters. The summed E-state index contributed by atoms with van der Waals surface area (Å²) in [6.45, 7) is 12.7. The van der Waals surface area contributed by atoms with E-state index in [9.17, 15) is 0 Å². The molecule has 0 aliphatic carbocycles. The van der Waals surface area contributed by atoms with Gasteiger partial charge in [-0.1, -0.05) is 52.8 Å². The molecule has 1 rings (SSSR count). The lowest BCUT2D eigenvalue weighted by molar-refractivity contribution is 0.172. The Morgan fingerprint density at radius 3 is 2.50 bits per heavy atom. The minimum atomic E-state index is 0.144. The summed E-state index contributed by atoms with van der Waals surface area (Å²) in [6.07, 6.45) is 1.01. The third kappa shape index (κ3) is 5.09. The van der Waals surface area contributed by atoms with Crippen LogP contribution in [0.15, 0.2) is 24.3 Å². The molecule has 0 saturated heterocycles. The quantitative estimate of drug-likeness (QED) is 0.796. The molecule has 0 radical (unpaired) electrons. The molecular formula is C16H27NO. The number of aryl methyl sites for hydroxylation is 1. The minimum absolute atomic E-state index is 0.144. The molecule has 1 N–H and O–H groups in total. The summed E-state index contributed by atoms with van der Waals surface area (Å²) in [5.41, 5.74) is 1.43. The van der Waals surface area contributed by atoms with Crippen molar-refractivity contribution in [3.05, 3.63) is 29.8 Å². The molecule has 1 aromatic rings. The first-order valence-corrected chi connectivity index (χ1v) is 6.88. The lowest BCUT2D eigenvalue weighted by Gasteiger charge is -2.27. The second-order valence-electron chi connectivity index (χ2n) is 5.95. The van der Waals surface area contributed by atoms with Crippen LogP contribution in [0.3, 0.4) is 0 Å². The van der Waals surface area contributed by atoms with Gasteiger partial charge in [0.15, 0.2) is 0 Å². The second kappa shape index (κ2) is 6.79. The standard InChI is InChI=1S/C16H27NO/c1-6-14-9-7-8-10-15(14)18-12-16(4,5)11-17-13(2)3/h7-10,13,17H,6,11-12H2,1-5H3. The highest BCUT2D eigenvalue weighted by molar-refractivity contribution is 5.33. The summed E-state index contributed by atoms with van der Waals surface area (Å²) >= 11 is 0. The Bertz CT molecular complexity index is 358. The fourth-order valence-corrected chi connectivity index (χ4v) is 1.74. The van der Waals surface area contributed by atoms with Crippen molar-refractivity contribution in [2.45, 2.75) is 47.1 Å². The molecule has 0 bridgehead atoms. The van der Waals surface area contributed by atoms with Crippen molar-refractivity contribution in [3.8, 4) is 5.75 Å². The predicted molar refractivity (Wildman–Crippen MR) is 78.2 cm³/mol. The molecular weight excluding hydrogens is 222 g/mol. The van der Waals surface area contributed by atoms with Crippen LogP contribution in [0, 0.1) is 5.41 Å². The Kier molecular flexibility index (Phi) is 5.67. The van der Waals surface area contributed by atoms with Gasteiger partial charge in [-0.15, -0.1) is 0 Å². The topological polar surface area (TPSA) is 21.3 Å². The van der Waals surface area contributed by atoms with E-state index in [1.54, 1.807) is 0 Å². The Balaban J connectivity index is 2.53. The number of rotatable bonds is 7. The van der Waals surface area contributed by atoms with Crippen molar-refractivity contribution in [1.82, 2.24) is 5.32 Å². The van der Waals surface area contributed by atoms with E-state index in [4.69, 9.17) is 4.74 Å². The zero-order valence-corrected chi connectivity index (χ0v) is 12.4. The third-order valence-corrected chi connectivity index (χ3v) is 2.96. The molecule has 2 heteroatoms. The van der Waals surface area contributed by atoms with Gasteiger partial charge in [-0.05, 0) is 18.1 Å². The molecule has 0 aliphatic rings. The van der Waals surface area contributed by atoms with Gasteiger partial charge in [0, 0.05) is 18.0 Å². The summed E-state index contributed by atoms with van der Waals surface area (Å²) < 4.78 is 5.99. The molecule has 18 heavy (non-hydrogen) atoms. The SMILES string of the molecule is CCc1ccccc1OCC(C)(C)CNC(C)C. The maximum absolute atomic E-state index is 5.99. The van der Waals surface area contributed by atoms with E-state index in [0.29, 0.717) is 6.04 Å². The highest BCUT2D eigenvalue weighted by Crippen LogP contribution is 2.22. The minimum Gasteiger partial charge on any atom is -0.493 e. The van der Waals surface area contributed by atoms with E-state index in [2.05, 4.69) is 58.1 Å². The van der Waals surface area contributed by atoms with Gasteiger partial charge in [0.2, 0.25) is 0 Å². The summed E-state index contributed by atoms with van der Waals surface area (Å²) in [5, 5.41) is 3.47. The molecule has 1 aromatic carbocycles. The van der Waals surface area contributed by atoms with Gasteiger partial charge in [-0.2, -0.15) is 0 Å². The van der Waals surface area contributed by atoms with Gasteiger partial charge in [0.05, 0.1) is 6.61 Å². The lowest BCUT2D eigenvalue weighted by Crippen LogP contribution is -2.37. The van der Waals surface area contributed by atoms with Crippen LogP contribution in [-0.4, -0.2) is 19.2 Å². The molecule has 0 aromatic heterocycles. The first kappa shape index (κ1) is 15.0. The monoisotopic (exact) mass is 249 g/mol. The van der Waals surface area contributed by atoms with Crippen LogP contribution in [0.1, 0.15) is 40.2 Å². The van der Waals surface area contributed by atoms with Gasteiger partial charge in [0.1, 0.15) is 5.75 Å². The zero-order valence-electron chi connectivity index (χ0n) is 12.4. The predicted octanol–water partition coefficient (Wildman–Crippen LogP) is 3.65. The molecule has 0 heterocycles. The van der Waals surface area contributed by atoms with Crippen molar-refractivity contribution in [2.24, 2.45) is 5.41 Å². The van der Waals surface area contributed by atoms with Crippen molar-refractivity contribution in [2.75, 3.05) is 13.2 Å². The van der Waals surface area contributed by atoms with E-state index in [0.717, 1.165) is 25.3 Å². The van der Waals surface area contributed by atoms with Gasteiger partial charge in [0.25, 0.3) is 0 Å². The fourth-order valence-electron chi connectivity index (χ4n) is 1.74. The Morgan fingerprint density at radius 2 is 1.89 bits per heavy atom. The average Bonchev–Trinajstić information content (AvgIpc) is 2.34. The third-order valence-electron chi connectivity index (χ3n) is 2.96. The average molecular weight is 249 g/mol. The second-order valence-corrected chi connectivity index (χ2v) is 5.95. The van der Waals surface area contributed by atoms with Crippen LogP contribution in [0.2, 0.25) is 0 Å². The van der Waals surface area contributed by atoms with Crippen molar-refractivity contribution in [3.63, 3.8) is 0 Å². The molecule has 0 fully saturated rings. The van der Waals surface area contributed by atoms with E-state index in [-0.39, 0.29) is 5.41 Å². The largest absolute Gasteiger partial charge is 0.493 e. The molecule has 0 saturated carbocycles. The number of hydrogen-bond acceptors (Lipinski definition) is 2. The van der Waals surface area contributed by atoms with Crippen LogP contribution in [-0.2, 0) is 6.42 Å². The van der Waals surface area contributed by atoms with Crippen molar-refractivity contribution >= 4 is 0 Å². The normalized spacial score (nSPS) is 11.9. The van der Waals surface area contributed by atoms with E-state index < -0.39 is 0 Å². The van der Waals surface area contributed by atoms with Gasteiger partial charge in [-0.25, -0.2) is 0 Å². The van der Waals surface area contributed by atoms with Gasteiger partial charge >= 0.3 is 0 Å². The number of nitrogens with one attached hydrogen (secondary N) is 1. The van der Waals surface area contributed by atoms with E-state index in [1.807, 2.05) is 6.07 Å². The first-order valence-electron chi connectivity index (χ1n) is 6.88. The van der Waals surface area contributed by atoms with Gasteiger partial charge in [-0.3, -0.25) is 0 Å². The van der Waals surface area contributed by atoms with Crippen LogP contribution >= 0.6 is 0 Å². The summed E-state index contributed by atoms with van der Waals surface area (Å²) in [4.78, 5) is 0. The summed E-state index contributed by atoms with van der Waals surface area (Å²) in [7, 11) is 0. The first-order chi connectivity index (χ1) is 8.44. The highest BCUT2D eigenvalue weighted by atomic mass is 16.5. The van der Waals surface area contributed by atoms with Gasteiger partial charge < -0.3 is 10.1 Å². The molecule has 0 spiro atoms. The number of ether oxygens (including phenoxy) is 1. The molecule has 0 amide bonds. The zero-order chi connectivity index (χ0) is 13.6. The van der Waals surface area contributed by atoms with Crippen LogP contribution in [0.5, 0.6) is 5.75 Å². The maximum Gasteiger partial charge on any atom is 0.122 e. The molecule has 102 valence electrons. The number of hydrogen-bond donors (Lipinski definition) is 1. The van der Waals surface area contributed by atoms with Crippen LogP contribution in [0.4, 0.5) is 0 Å². The number of benzene rings is 1. The summed E-state index contributed by atoms with van der Waals surface area (Å²) in [5.74, 6) is 1.03. The van der Waals surface area contributed by atoms with E-state index >= 15 is 0 Å². The summed E-state index contributed by atoms with van der Waals surface area (Å²) in [6, 6.07) is 8.82. The Hall–Kier alpha value is -1.02. The lowest BCUT2D eigenvalue weighted by atomic mass is 9.94. The van der Waals surface area contributed by atoms with Crippen molar-refractivity contribution < 1.29 is 4.74 Å². The molecule has 0 atom stereocenters. The number of para-hydroxylation sites is 1. The fraction of sp³-hybridized carbons (Fsp3) is 0.625.